The number of carbonyl (C=O) groups excluding carboxylic acids is 1. The highest BCUT2D eigenvalue weighted by Gasteiger charge is 2.38. The van der Waals surface area contributed by atoms with Crippen LogP contribution in [0.15, 0.2) is 60.7 Å². The van der Waals surface area contributed by atoms with Crippen molar-refractivity contribution in [3.05, 3.63) is 81.9 Å². The van der Waals surface area contributed by atoms with Gasteiger partial charge in [-0.05, 0) is 29.9 Å². The molecule has 1 saturated carbocycles. The number of hydrogen-bond donors (Lipinski definition) is 0. The number of rotatable bonds is 5. The molecule has 1 fully saturated rings. The van der Waals surface area contributed by atoms with Gasteiger partial charge in [0.2, 0.25) is 6.54 Å². The van der Waals surface area contributed by atoms with E-state index in [2.05, 4.69) is 12.1 Å². The second-order valence-corrected chi connectivity index (χ2v) is 6.49. The zero-order valence-corrected chi connectivity index (χ0v) is 13.5. The molecule has 0 N–H and O–H groups in total. The van der Waals surface area contributed by atoms with Crippen LogP contribution in [0, 0.1) is 16.0 Å². The monoisotopic (exact) mass is 323 g/mol. The third kappa shape index (κ3) is 3.70. The maximum atomic E-state index is 12.5. The Labute approximate surface area is 141 Å². The highest BCUT2D eigenvalue weighted by Crippen LogP contribution is 2.41. The first-order valence-corrected chi connectivity index (χ1v) is 8.39. The molecule has 1 aliphatic carbocycles. The van der Waals surface area contributed by atoms with Gasteiger partial charge < -0.3 is 0 Å². The summed E-state index contributed by atoms with van der Waals surface area (Å²) in [5, 5.41) is 11.2. The summed E-state index contributed by atoms with van der Waals surface area (Å²) >= 11 is 0. The molecule has 3 rings (SSSR count). The fourth-order valence-corrected chi connectivity index (χ4v) is 3.80. The van der Waals surface area contributed by atoms with Crippen molar-refractivity contribution in [3.63, 3.8) is 0 Å². The van der Waals surface area contributed by atoms with Crippen LogP contribution in [-0.2, 0) is 4.79 Å². The number of nitro groups is 1. The van der Waals surface area contributed by atoms with Crippen molar-refractivity contribution in [3.8, 4) is 0 Å². The molecule has 4 heteroatoms. The first-order valence-electron chi connectivity index (χ1n) is 8.39. The van der Waals surface area contributed by atoms with Crippen LogP contribution in [0.4, 0.5) is 0 Å². The molecule has 0 aromatic heterocycles. The van der Waals surface area contributed by atoms with Crippen LogP contribution >= 0.6 is 0 Å². The topological polar surface area (TPSA) is 60.2 Å². The van der Waals surface area contributed by atoms with Gasteiger partial charge in [-0.25, -0.2) is 0 Å². The number of benzene rings is 2. The zero-order chi connectivity index (χ0) is 16.9. The van der Waals surface area contributed by atoms with E-state index in [-0.39, 0.29) is 29.1 Å². The van der Waals surface area contributed by atoms with Gasteiger partial charge in [0, 0.05) is 17.3 Å². The van der Waals surface area contributed by atoms with E-state index in [1.165, 1.54) is 5.56 Å². The Balaban J connectivity index is 1.87. The van der Waals surface area contributed by atoms with Gasteiger partial charge in [-0.3, -0.25) is 14.9 Å². The van der Waals surface area contributed by atoms with Crippen LogP contribution in [0.1, 0.15) is 42.2 Å². The minimum Gasteiger partial charge on any atom is -0.299 e. The third-order valence-corrected chi connectivity index (χ3v) is 5.02. The van der Waals surface area contributed by atoms with Crippen molar-refractivity contribution in [1.29, 1.82) is 0 Å². The van der Waals surface area contributed by atoms with E-state index in [1.54, 1.807) is 0 Å². The maximum Gasteiger partial charge on any atom is 0.211 e. The average molecular weight is 323 g/mol. The minimum absolute atomic E-state index is 0.165. The largest absolute Gasteiger partial charge is 0.299 e. The normalized spacial score (nSPS) is 22.1. The lowest BCUT2D eigenvalue weighted by Gasteiger charge is -2.32. The molecule has 0 unspecified atom stereocenters. The van der Waals surface area contributed by atoms with E-state index < -0.39 is 0 Å². The van der Waals surface area contributed by atoms with Gasteiger partial charge in [-0.15, -0.1) is 0 Å². The third-order valence-electron chi connectivity index (χ3n) is 5.02. The molecule has 124 valence electrons. The standard InChI is InChI=1S/C20H21NO3/c22-20-12-11-17(15-7-3-1-4-8-15)13-18(20)19(14-21(23)24)16-9-5-2-6-10-16/h1-10,17-19H,11-14H2/t17-,18-,19-/m0/s1. The molecule has 4 nitrogen and oxygen atoms in total. The molecule has 0 amide bonds. The Kier molecular flexibility index (Phi) is 5.04. The van der Waals surface area contributed by atoms with Gasteiger partial charge in [0.1, 0.15) is 5.78 Å². The zero-order valence-electron chi connectivity index (χ0n) is 13.5. The molecule has 0 bridgehead atoms. The molecule has 0 aliphatic heterocycles. The molecule has 1 aliphatic rings. The molecule has 24 heavy (non-hydrogen) atoms. The minimum atomic E-state index is -0.347. The molecule has 0 saturated heterocycles. The van der Waals surface area contributed by atoms with Gasteiger partial charge in [0.15, 0.2) is 0 Å². The Hall–Kier alpha value is -2.49. The lowest BCUT2D eigenvalue weighted by atomic mass is 9.70. The Morgan fingerprint density at radius 2 is 1.67 bits per heavy atom. The highest BCUT2D eigenvalue weighted by atomic mass is 16.6. The number of nitrogens with zero attached hydrogens (tertiary/aromatic N) is 1. The van der Waals surface area contributed by atoms with Crippen LogP contribution in [0.5, 0.6) is 0 Å². The number of hydrogen-bond acceptors (Lipinski definition) is 3. The lowest BCUT2D eigenvalue weighted by Crippen LogP contribution is -2.32. The molecular weight excluding hydrogens is 302 g/mol. The molecule has 2 aromatic carbocycles. The van der Waals surface area contributed by atoms with Crippen molar-refractivity contribution < 1.29 is 9.72 Å². The number of ketones is 1. The molecule has 2 aromatic rings. The van der Waals surface area contributed by atoms with Crippen molar-refractivity contribution in [1.82, 2.24) is 0 Å². The average Bonchev–Trinajstić information content (AvgIpc) is 2.62. The van der Waals surface area contributed by atoms with Crippen molar-refractivity contribution in [2.24, 2.45) is 5.92 Å². The summed E-state index contributed by atoms with van der Waals surface area (Å²) in [4.78, 5) is 23.4. The quantitative estimate of drug-likeness (QED) is 0.612. The number of carbonyl (C=O) groups is 1. The fourth-order valence-electron chi connectivity index (χ4n) is 3.80. The van der Waals surface area contributed by atoms with Crippen LogP contribution in [0.25, 0.3) is 0 Å². The highest BCUT2D eigenvalue weighted by molar-refractivity contribution is 5.83. The Morgan fingerprint density at radius 1 is 1.04 bits per heavy atom. The van der Waals surface area contributed by atoms with Crippen LogP contribution in [0.3, 0.4) is 0 Å². The lowest BCUT2D eigenvalue weighted by molar-refractivity contribution is -0.484. The van der Waals surface area contributed by atoms with Crippen molar-refractivity contribution >= 4 is 5.78 Å². The van der Waals surface area contributed by atoms with Gasteiger partial charge in [0.25, 0.3) is 0 Å². The predicted octanol–water partition coefficient (Wildman–Crippen LogP) is 4.20. The molecule has 0 heterocycles. The maximum absolute atomic E-state index is 12.5. The SMILES string of the molecule is O=C1CC[C@H](c2ccccc2)C[C@H]1[C@@H](C[N+](=O)[O-])c1ccccc1. The summed E-state index contributed by atoms with van der Waals surface area (Å²) in [6.45, 7) is -0.193. The molecule has 0 spiro atoms. The number of Topliss-reactive ketones (excluding diaryl/α,β-unsaturated/α-hetero) is 1. The summed E-state index contributed by atoms with van der Waals surface area (Å²) in [7, 11) is 0. The van der Waals surface area contributed by atoms with E-state index in [0.717, 1.165) is 12.0 Å². The van der Waals surface area contributed by atoms with Gasteiger partial charge >= 0.3 is 0 Å². The van der Waals surface area contributed by atoms with E-state index in [4.69, 9.17) is 0 Å². The van der Waals surface area contributed by atoms with Gasteiger partial charge in [-0.1, -0.05) is 60.7 Å². The second kappa shape index (κ2) is 7.39. The van der Waals surface area contributed by atoms with Crippen LogP contribution in [0.2, 0.25) is 0 Å². The van der Waals surface area contributed by atoms with E-state index in [0.29, 0.717) is 18.8 Å². The molecular formula is C20H21NO3. The van der Waals surface area contributed by atoms with Gasteiger partial charge in [-0.2, -0.15) is 0 Å². The van der Waals surface area contributed by atoms with Crippen LogP contribution < -0.4 is 0 Å². The van der Waals surface area contributed by atoms with Gasteiger partial charge in [0.05, 0.1) is 5.92 Å². The van der Waals surface area contributed by atoms with E-state index >= 15 is 0 Å². The first-order chi connectivity index (χ1) is 11.6. The second-order valence-electron chi connectivity index (χ2n) is 6.49. The predicted molar refractivity (Wildman–Crippen MR) is 92.6 cm³/mol. The summed E-state index contributed by atoms with van der Waals surface area (Å²) in [6, 6.07) is 19.6. The van der Waals surface area contributed by atoms with E-state index in [1.807, 2.05) is 48.5 Å². The summed E-state index contributed by atoms with van der Waals surface area (Å²) in [5.74, 6) is -0.165. The van der Waals surface area contributed by atoms with Crippen molar-refractivity contribution in [2.45, 2.75) is 31.1 Å². The first kappa shape index (κ1) is 16.4. The summed E-state index contributed by atoms with van der Waals surface area (Å²) in [6.07, 6.45) is 2.03. The molecule has 0 radical (unpaired) electrons. The van der Waals surface area contributed by atoms with E-state index in [9.17, 15) is 14.9 Å². The smallest absolute Gasteiger partial charge is 0.211 e. The Bertz CT molecular complexity index is 699. The Morgan fingerprint density at radius 3 is 2.29 bits per heavy atom. The van der Waals surface area contributed by atoms with Crippen molar-refractivity contribution in [2.75, 3.05) is 6.54 Å². The summed E-state index contributed by atoms with van der Waals surface area (Å²) in [5.41, 5.74) is 2.11. The fraction of sp³-hybridized carbons (Fsp3) is 0.350. The summed E-state index contributed by atoms with van der Waals surface area (Å²) < 4.78 is 0. The molecule has 3 atom stereocenters. The van der Waals surface area contributed by atoms with Crippen LogP contribution in [-0.4, -0.2) is 17.3 Å².